The number of hydrogen-bond acceptors (Lipinski definition) is 3. The number of benzene rings is 1. The fourth-order valence-corrected chi connectivity index (χ4v) is 6.26. The number of amides is 2. The van der Waals surface area contributed by atoms with Gasteiger partial charge in [0.15, 0.2) is 0 Å². The van der Waals surface area contributed by atoms with Crippen LogP contribution in [0.4, 0.5) is 9.59 Å². The zero-order chi connectivity index (χ0) is 23.9. The molecule has 5 rings (SSSR count). The summed E-state index contributed by atoms with van der Waals surface area (Å²) in [6.07, 6.45) is 8.74. The number of carbonyl (C=O) groups is 2. The Morgan fingerprint density at radius 2 is 1.82 bits per heavy atom. The highest BCUT2D eigenvalue weighted by molar-refractivity contribution is 5.97. The van der Waals surface area contributed by atoms with Crippen LogP contribution in [0.2, 0.25) is 0 Å². The Bertz CT molecular complexity index is 1110. The number of carboxylic acid groups (broad SMARTS) is 1. The molecule has 2 fully saturated rings. The number of fused-ring (bicyclic) bond motifs is 3. The van der Waals surface area contributed by atoms with Gasteiger partial charge in [-0.05, 0) is 62.4 Å². The van der Waals surface area contributed by atoms with Crippen molar-refractivity contribution in [3.05, 3.63) is 41.7 Å². The zero-order valence-corrected chi connectivity index (χ0v) is 20.4. The van der Waals surface area contributed by atoms with E-state index in [2.05, 4.69) is 18.7 Å². The van der Waals surface area contributed by atoms with Gasteiger partial charge in [-0.25, -0.2) is 14.2 Å². The van der Waals surface area contributed by atoms with Crippen LogP contribution in [0, 0.1) is 5.92 Å². The summed E-state index contributed by atoms with van der Waals surface area (Å²) < 4.78 is 1.35. The maximum Gasteiger partial charge on any atom is 0.416 e. The van der Waals surface area contributed by atoms with Crippen molar-refractivity contribution in [3.63, 3.8) is 0 Å². The summed E-state index contributed by atoms with van der Waals surface area (Å²) in [5.74, 6) is 0.525. The van der Waals surface area contributed by atoms with Gasteiger partial charge in [0.1, 0.15) is 0 Å². The van der Waals surface area contributed by atoms with Gasteiger partial charge in [0, 0.05) is 43.2 Å². The number of piperidine rings is 2. The summed E-state index contributed by atoms with van der Waals surface area (Å²) in [4.78, 5) is 32.2. The van der Waals surface area contributed by atoms with E-state index in [1.807, 2.05) is 35.2 Å². The van der Waals surface area contributed by atoms with Gasteiger partial charge in [-0.1, -0.05) is 38.5 Å². The van der Waals surface area contributed by atoms with Gasteiger partial charge < -0.3 is 19.8 Å². The SMILES string of the molecule is CC1(C)CN(C(=O)N2CCC[C@H](CN3CCCCC3)C2)C=Cc2c1c1ccccc1n2C(=O)O. The Morgan fingerprint density at radius 1 is 1.06 bits per heavy atom. The van der Waals surface area contributed by atoms with Crippen LogP contribution in [0.15, 0.2) is 30.5 Å². The molecule has 34 heavy (non-hydrogen) atoms. The van der Waals surface area contributed by atoms with E-state index >= 15 is 0 Å². The van der Waals surface area contributed by atoms with Crippen molar-refractivity contribution in [1.82, 2.24) is 19.3 Å². The van der Waals surface area contributed by atoms with Gasteiger partial charge in [-0.2, -0.15) is 0 Å². The molecule has 2 aromatic rings. The number of para-hydroxylation sites is 1. The predicted octanol–water partition coefficient (Wildman–Crippen LogP) is 5.05. The maximum absolute atomic E-state index is 13.7. The standard InChI is InChI=1S/C27H36N4O3/c1-27(2)19-30(16-12-23-24(27)21-10-4-5-11-22(21)31(23)26(33)34)25(32)29-15-8-9-20(18-29)17-28-13-6-3-7-14-28/h4-5,10-12,16,20H,3,6-9,13-15,17-19H2,1-2H3,(H,33,34)/t20-/m1/s1. The Kier molecular flexibility index (Phi) is 6.15. The zero-order valence-electron chi connectivity index (χ0n) is 20.4. The van der Waals surface area contributed by atoms with Crippen LogP contribution in [0.1, 0.15) is 57.2 Å². The molecule has 0 saturated carbocycles. The largest absolute Gasteiger partial charge is 0.464 e. The molecular weight excluding hydrogens is 428 g/mol. The van der Waals surface area contributed by atoms with Crippen molar-refractivity contribution < 1.29 is 14.7 Å². The van der Waals surface area contributed by atoms with Crippen molar-refractivity contribution in [1.29, 1.82) is 0 Å². The van der Waals surface area contributed by atoms with Gasteiger partial charge in [0.25, 0.3) is 0 Å². The monoisotopic (exact) mass is 464 g/mol. The minimum absolute atomic E-state index is 0.0315. The first kappa shape index (κ1) is 23.0. The highest BCUT2D eigenvalue weighted by Crippen LogP contribution is 2.39. The summed E-state index contributed by atoms with van der Waals surface area (Å²) in [6, 6.07) is 7.67. The quantitative estimate of drug-likeness (QED) is 0.675. The normalized spacial score (nSPS) is 23.1. The molecule has 1 aromatic heterocycles. The van der Waals surface area contributed by atoms with Gasteiger partial charge in [0.2, 0.25) is 0 Å². The van der Waals surface area contributed by atoms with E-state index < -0.39 is 11.5 Å². The molecule has 0 spiro atoms. The van der Waals surface area contributed by atoms with Gasteiger partial charge in [-0.3, -0.25) is 0 Å². The van der Waals surface area contributed by atoms with E-state index in [9.17, 15) is 14.7 Å². The summed E-state index contributed by atoms with van der Waals surface area (Å²) in [5, 5.41) is 10.9. The number of urea groups is 1. The van der Waals surface area contributed by atoms with Crippen molar-refractivity contribution in [2.45, 2.75) is 51.4 Å². The van der Waals surface area contributed by atoms with E-state index in [0.29, 0.717) is 23.7 Å². The third-order valence-corrected chi connectivity index (χ3v) is 7.76. The number of aromatic nitrogens is 1. The first-order valence-electron chi connectivity index (χ1n) is 12.7. The molecule has 0 unspecified atom stereocenters. The third-order valence-electron chi connectivity index (χ3n) is 7.76. The minimum Gasteiger partial charge on any atom is -0.464 e. The molecule has 3 aliphatic rings. The van der Waals surface area contributed by atoms with Gasteiger partial charge in [0.05, 0.1) is 11.2 Å². The first-order chi connectivity index (χ1) is 16.3. The Morgan fingerprint density at radius 3 is 2.59 bits per heavy atom. The molecule has 0 radical (unpaired) electrons. The van der Waals surface area contributed by atoms with Crippen LogP contribution in [0.5, 0.6) is 0 Å². The predicted molar refractivity (Wildman–Crippen MR) is 134 cm³/mol. The first-order valence-corrected chi connectivity index (χ1v) is 12.7. The summed E-state index contributed by atoms with van der Waals surface area (Å²) in [6.45, 7) is 9.77. The maximum atomic E-state index is 13.7. The van der Waals surface area contributed by atoms with Crippen molar-refractivity contribution >= 4 is 29.1 Å². The molecule has 2 amide bonds. The third kappa shape index (κ3) is 4.22. The lowest BCUT2D eigenvalue weighted by Crippen LogP contribution is -2.50. The van der Waals surface area contributed by atoms with Crippen LogP contribution in [0.3, 0.4) is 0 Å². The fraction of sp³-hybridized carbons (Fsp3) is 0.556. The average Bonchev–Trinajstić information content (AvgIpc) is 3.10. The van der Waals surface area contributed by atoms with Crippen LogP contribution >= 0.6 is 0 Å². The molecular formula is C27H36N4O3. The van der Waals surface area contributed by atoms with E-state index in [-0.39, 0.29) is 6.03 Å². The van der Waals surface area contributed by atoms with E-state index in [0.717, 1.165) is 37.0 Å². The van der Waals surface area contributed by atoms with Crippen molar-refractivity contribution in [2.75, 3.05) is 39.3 Å². The van der Waals surface area contributed by atoms with Crippen molar-refractivity contribution in [2.24, 2.45) is 5.92 Å². The number of carbonyl (C=O) groups excluding carboxylic acids is 1. The molecule has 182 valence electrons. The molecule has 1 aromatic carbocycles. The molecule has 7 nitrogen and oxygen atoms in total. The summed E-state index contributed by atoms with van der Waals surface area (Å²) in [5.41, 5.74) is 1.92. The van der Waals surface area contributed by atoms with Crippen LogP contribution in [0.25, 0.3) is 17.0 Å². The van der Waals surface area contributed by atoms with Crippen LogP contribution in [-0.4, -0.2) is 75.8 Å². The molecule has 2 saturated heterocycles. The lowest BCUT2D eigenvalue weighted by atomic mass is 9.82. The van der Waals surface area contributed by atoms with Crippen LogP contribution in [-0.2, 0) is 5.41 Å². The van der Waals surface area contributed by atoms with E-state index in [1.165, 1.54) is 43.3 Å². The highest BCUT2D eigenvalue weighted by atomic mass is 16.4. The number of likely N-dealkylation sites (tertiary alicyclic amines) is 2. The highest BCUT2D eigenvalue weighted by Gasteiger charge is 2.37. The molecule has 1 N–H and O–H groups in total. The average molecular weight is 465 g/mol. The molecule has 0 aliphatic carbocycles. The molecule has 0 bridgehead atoms. The lowest BCUT2D eigenvalue weighted by Gasteiger charge is -2.39. The van der Waals surface area contributed by atoms with Gasteiger partial charge in [-0.15, -0.1) is 0 Å². The van der Waals surface area contributed by atoms with Crippen LogP contribution < -0.4 is 0 Å². The fourth-order valence-electron chi connectivity index (χ4n) is 6.26. The smallest absolute Gasteiger partial charge is 0.416 e. The van der Waals surface area contributed by atoms with Gasteiger partial charge >= 0.3 is 12.1 Å². The second kappa shape index (κ2) is 9.10. The Balaban J connectivity index is 1.38. The summed E-state index contributed by atoms with van der Waals surface area (Å²) in [7, 11) is 0. The minimum atomic E-state index is -1.01. The van der Waals surface area contributed by atoms with Crippen molar-refractivity contribution in [3.8, 4) is 0 Å². The molecule has 7 heteroatoms. The Hall–Kier alpha value is -2.80. The lowest BCUT2D eigenvalue weighted by molar-refractivity contribution is 0.114. The number of nitrogens with zero attached hydrogens (tertiary/aromatic N) is 4. The second-order valence-corrected chi connectivity index (χ2v) is 10.8. The number of hydrogen-bond donors (Lipinski definition) is 1. The Labute approximate surface area is 201 Å². The second-order valence-electron chi connectivity index (χ2n) is 10.8. The summed E-state index contributed by atoms with van der Waals surface area (Å²) >= 11 is 0. The molecule has 3 aliphatic heterocycles. The molecule has 4 heterocycles. The molecule has 1 atom stereocenters. The topological polar surface area (TPSA) is 69.0 Å². The number of rotatable bonds is 2. The van der Waals surface area contributed by atoms with E-state index in [4.69, 9.17) is 0 Å². The van der Waals surface area contributed by atoms with E-state index in [1.54, 1.807) is 11.1 Å².